The van der Waals surface area contributed by atoms with Crippen molar-refractivity contribution in [1.82, 2.24) is 0 Å². The van der Waals surface area contributed by atoms with Crippen LogP contribution >= 0.6 is 0 Å². The minimum absolute atomic E-state index is 0.195. The lowest BCUT2D eigenvalue weighted by molar-refractivity contribution is -0.305. The largest absolute Gasteiger partial charge is 0.462 e. The molecule has 0 amide bonds. The van der Waals surface area contributed by atoms with E-state index in [-0.39, 0.29) is 26.1 Å². The standard InChI is InChI=1S/C41H68O10/c1-3-5-7-9-11-13-14-15-16-17-18-19-20-22-23-25-27-29-36(43)48-32-34(33-49-41-40(47)39(46)38(45)35(31-42)51-41)50-37(44)30-28-26-24-21-12-10-8-6-4-2/h5,7,11,13,15-16,18-19,22-23,34-35,38-42,45-47H,3-4,6,8-10,12,14,17,20-21,24-33H2,1-2H3/b7-5+,13-11+,16-15+,19-18+,23-22+/t34-,35-,38+,39?,40?,41-/m0/s1. The molecule has 1 fully saturated rings. The summed E-state index contributed by atoms with van der Waals surface area (Å²) < 4.78 is 22.0. The summed E-state index contributed by atoms with van der Waals surface area (Å²) >= 11 is 0. The van der Waals surface area contributed by atoms with Gasteiger partial charge in [0.05, 0.1) is 13.2 Å². The van der Waals surface area contributed by atoms with Crippen molar-refractivity contribution in [2.24, 2.45) is 0 Å². The Hall–Kier alpha value is -2.60. The van der Waals surface area contributed by atoms with Gasteiger partial charge in [0.2, 0.25) is 0 Å². The second-order valence-corrected chi connectivity index (χ2v) is 13.0. The first-order valence-electron chi connectivity index (χ1n) is 19.4. The topological polar surface area (TPSA) is 152 Å². The Bertz CT molecular complexity index is 1020. The monoisotopic (exact) mass is 720 g/mol. The molecule has 2 unspecified atom stereocenters. The Morgan fingerprint density at radius 2 is 1.16 bits per heavy atom. The molecule has 10 nitrogen and oxygen atoms in total. The number of hydrogen-bond acceptors (Lipinski definition) is 10. The molecule has 1 heterocycles. The molecule has 1 aliphatic heterocycles. The molecule has 0 radical (unpaired) electrons. The average Bonchev–Trinajstić information content (AvgIpc) is 3.13. The molecule has 0 aromatic heterocycles. The van der Waals surface area contributed by atoms with Gasteiger partial charge in [-0.3, -0.25) is 9.59 Å². The molecule has 10 heteroatoms. The van der Waals surface area contributed by atoms with Gasteiger partial charge >= 0.3 is 11.9 Å². The summed E-state index contributed by atoms with van der Waals surface area (Å²) in [6.45, 7) is 3.19. The van der Waals surface area contributed by atoms with E-state index in [1.165, 1.54) is 32.1 Å². The van der Waals surface area contributed by atoms with Crippen molar-refractivity contribution >= 4 is 11.9 Å². The lowest BCUT2D eigenvalue weighted by Gasteiger charge is -2.39. The molecule has 0 aromatic rings. The van der Waals surface area contributed by atoms with E-state index in [4.69, 9.17) is 18.9 Å². The van der Waals surface area contributed by atoms with Crippen LogP contribution in [0.4, 0.5) is 0 Å². The minimum Gasteiger partial charge on any atom is -0.462 e. The Morgan fingerprint density at radius 1 is 0.627 bits per heavy atom. The summed E-state index contributed by atoms with van der Waals surface area (Å²) in [6.07, 6.45) is 29.6. The highest BCUT2D eigenvalue weighted by atomic mass is 16.7. The van der Waals surface area contributed by atoms with Gasteiger partial charge in [-0.1, -0.05) is 126 Å². The predicted octanol–water partition coefficient (Wildman–Crippen LogP) is 7.10. The highest BCUT2D eigenvalue weighted by molar-refractivity contribution is 5.70. The SMILES string of the molecule is CC/C=C/C/C=C/C/C=C/C/C=C/C/C=C/CCCC(=O)OC[C@@H](CO[C@H]1O[C@@H](CO)[C@@H](O)C(O)C1O)OC(=O)CCCCCCCCCCC. The number of hydrogen-bond donors (Lipinski definition) is 4. The molecular weight excluding hydrogens is 652 g/mol. The van der Waals surface area contributed by atoms with Gasteiger partial charge in [-0.15, -0.1) is 0 Å². The number of esters is 2. The normalized spacial score (nSPS) is 21.9. The Morgan fingerprint density at radius 3 is 1.73 bits per heavy atom. The minimum atomic E-state index is -1.60. The molecule has 4 N–H and O–H groups in total. The van der Waals surface area contributed by atoms with Crippen LogP contribution in [0, 0.1) is 0 Å². The van der Waals surface area contributed by atoms with Crippen molar-refractivity contribution < 1.29 is 49.0 Å². The van der Waals surface area contributed by atoms with Crippen molar-refractivity contribution in [2.75, 3.05) is 19.8 Å². The van der Waals surface area contributed by atoms with Crippen LogP contribution in [0.25, 0.3) is 0 Å². The first kappa shape index (κ1) is 46.4. The van der Waals surface area contributed by atoms with Gasteiger partial charge < -0.3 is 39.4 Å². The third kappa shape index (κ3) is 24.3. The van der Waals surface area contributed by atoms with Gasteiger partial charge in [-0.2, -0.15) is 0 Å². The number of allylic oxidation sites excluding steroid dienone is 10. The molecule has 0 spiro atoms. The molecule has 1 rings (SSSR count). The summed E-state index contributed by atoms with van der Waals surface area (Å²) in [5.41, 5.74) is 0. The molecular formula is C41H68O10. The van der Waals surface area contributed by atoms with Crippen LogP contribution in [0.3, 0.4) is 0 Å². The highest BCUT2D eigenvalue weighted by Gasteiger charge is 2.44. The number of aliphatic hydroxyl groups is 4. The lowest BCUT2D eigenvalue weighted by atomic mass is 9.99. The van der Waals surface area contributed by atoms with Crippen molar-refractivity contribution in [3.05, 3.63) is 60.8 Å². The van der Waals surface area contributed by atoms with E-state index in [0.717, 1.165) is 57.8 Å². The Balaban J connectivity index is 2.42. The molecule has 0 aromatic carbocycles. The number of aliphatic hydroxyl groups excluding tert-OH is 4. The van der Waals surface area contributed by atoms with Crippen molar-refractivity contribution in [3.8, 4) is 0 Å². The van der Waals surface area contributed by atoms with Crippen LogP contribution in [0.15, 0.2) is 60.8 Å². The van der Waals surface area contributed by atoms with Crippen LogP contribution in [0.2, 0.25) is 0 Å². The van der Waals surface area contributed by atoms with E-state index in [1.807, 2.05) is 6.08 Å². The summed E-state index contributed by atoms with van der Waals surface area (Å²) in [4.78, 5) is 25.1. The van der Waals surface area contributed by atoms with E-state index in [1.54, 1.807) is 0 Å². The third-order valence-electron chi connectivity index (χ3n) is 8.42. The maximum absolute atomic E-state index is 12.6. The predicted molar refractivity (Wildman–Crippen MR) is 201 cm³/mol. The number of unbranched alkanes of at least 4 members (excludes halogenated alkanes) is 9. The molecule has 0 aliphatic carbocycles. The second-order valence-electron chi connectivity index (χ2n) is 13.0. The fraction of sp³-hybridized carbons (Fsp3) is 0.707. The van der Waals surface area contributed by atoms with E-state index in [2.05, 4.69) is 68.5 Å². The zero-order chi connectivity index (χ0) is 37.4. The summed E-state index contributed by atoms with van der Waals surface area (Å²) in [6, 6.07) is 0. The first-order valence-corrected chi connectivity index (χ1v) is 19.4. The molecule has 6 atom stereocenters. The quantitative estimate of drug-likeness (QED) is 0.0344. The van der Waals surface area contributed by atoms with Gasteiger partial charge in [0.25, 0.3) is 0 Å². The molecule has 0 bridgehead atoms. The van der Waals surface area contributed by atoms with E-state index in [0.29, 0.717) is 12.8 Å². The molecule has 292 valence electrons. The maximum Gasteiger partial charge on any atom is 0.306 e. The zero-order valence-corrected chi connectivity index (χ0v) is 31.3. The van der Waals surface area contributed by atoms with Gasteiger partial charge in [-0.25, -0.2) is 0 Å². The number of rotatable bonds is 30. The van der Waals surface area contributed by atoms with Crippen LogP contribution in [-0.4, -0.2) is 89.0 Å². The third-order valence-corrected chi connectivity index (χ3v) is 8.42. The fourth-order valence-electron chi connectivity index (χ4n) is 5.34. The summed E-state index contributed by atoms with van der Waals surface area (Å²) in [5, 5.41) is 39.9. The van der Waals surface area contributed by atoms with Crippen LogP contribution in [0.1, 0.15) is 129 Å². The van der Waals surface area contributed by atoms with Crippen LogP contribution < -0.4 is 0 Å². The van der Waals surface area contributed by atoms with Gasteiger partial charge in [0.1, 0.15) is 31.0 Å². The number of carbonyl (C=O) groups excluding carboxylic acids is 2. The summed E-state index contributed by atoms with van der Waals surface area (Å²) in [5.74, 6) is -0.884. The number of ether oxygens (including phenoxy) is 4. The van der Waals surface area contributed by atoms with E-state index in [9.17, 15) is 30.0 Å². The zero-order valence-electron chi connectivity index (χ0n) is 31.3. The van der Waals surface area contributed by atoms with Gasteiger partial charge in [0, 0.05) is 12.8 Å². The van der Waals surface area contributed by atoms with E-state index >= 15 is 0 Å². The highest BCUT2D eigenvalue weighted by Crippen LogP contribution is 2.22. The first-order chi connectivity index (χ1) is 24.8. The second kappa shape index (κ2) is 32.1. The molecule has 51 heavy (non-hydrogen) atoms. The number of carbonyl (C=O) groups is 2. The van der Waals surface area contributed by atoms with E-state index < -0.39 is 55.4 Å². The Labute approximate surface area is 307 Å². The average molecular weight is 721 g/mol. The Kier molecular flexibility index (Phi) is 29.2. The van der Waals surface area contributed by atoms with Crippen molar-refractivity contribution in [3.63, 3.8) is 0 Å². The fourth-order valence-corrected chi connectivity index (χ4v) is 5.34. The van der Waals surface area contributed by atoms with Crippen LogP contribution in [-0.2, 0) is 28.5 Å². The van der Waals surface area contributed by atoms with Gasteiger partial charge in [-0.05, 0) is 51.4 Å². The molecule has 1 aliphatic rings. The lowest BCUT2D eigenvalue weighted by Crippen LogP contribution is -2.59. The molecule has 0 saturated carbocycles. The van der Waals surface area contributed by atoms with Crippen molar-refractivity contribution in [2.45, 2.75) is 166 Å². The summed E-state index contributed by atoms with van der Waals surface area (Å²) in [7, 11) is 0. The molecule has 1 saturated heterocycles. The maximum atomic E-state index is 12.6. The van der Waals surface area contributed by atoms with Crippen molar-refractivity contribution in [1.29, 1.82) is 0 Å². The van der Waals surface area contributed by atoms with Crippen LogP contribution in [0.5, 0.6) is 0 Å². The van der Waals surface area contributed by atoms with Gasteiger partial charge in [0.15, 0.2) is 12.4 Å². The smallest absolute Gasteiger partial charge is 0.306 e.